The van der Waals surface area contributed by atoms with Gasteiger partial charge in [0.25, 0.3) is 0 Å². The lowest BCUT2D eigenvalue weighted by Gasteiger charge is -2.34. The molecule has 1 saturated heterocycles. The lowest BCUT2D eigenvalue weighted by Crippen LogP contribution is -2.49. The minimum absolute atomic E-state index is 0.204. The minimum atomic E-state index is 0.204. The quantitative estimate of drug-likeness (QED) is 0.698. The summed E-state index contributed by atoms with van der Waals surface area (Å²) in [5, 5.41) is 1.18. The normalized spacial score (nSPS) is 15.6. The number of carbonyl (C=O) groups excluding carboxylic acids is 1. The van der Waals surface area contributed by atoms with Gasteiger partial charge in [-0.1, -0.05) is 60.7 Å². The van der Waals surface area contributed by atoms with Crippen LogP contribution in [0.2, 0.25) is 0 Å². The van der Waals surface area contributed by atoms with Crippen LogP contribution in [0.1, 0.15) is 5.56 Å². The van der Waals surface area contributed by atoms with Crippen molar-refractivity contribution in [2.75, 3.05) is 32.7 Å². The number of piperazine rings is 1. The van der Waals surface area contributed by atoms with E-state index >= 15 is 0 Å². The Hall–Kier alpha value is -2.85. The number of rotatable bonds is 5. The molecule has 0 atom stereocenters. The summed E-state index contributed by atoms with van der Waals surface area (Å²) in [5.74, 6) is 0.204. The van der Waals surface area contributed by atoms with Gasteiger partial charge in [-0.25, -0.2) is 0 Å². The van der Waals surface area contributed by atoms with Crippen LogP contribution in [0.5, 0.6) is 0 Å². The van der Waals surface area contributed by atoms with Gasteiger partial charge >= 0.3 is 0 Å². The number of amides is 1. The van der Waals surface area contributed by atoms with E-state index in [1.54, 1.807) is 0 Å². The van der Waals surface area contributed by atoms with Crippen LogP contribution >= 0.6 is 0 Å². The van der Waals surface area contributed by atoms with Gasteiger partial charge in [0.05, 0.1) is 0 Å². The van der Waals surface area contributed by atoms with Crippen LogP contribution in [0.25, 0.3) is 17.0 Å². The summed E-state index contributed by atoms with van der Waals surface area (Å²) in [7, 11) is 0. The second kappa shape index (κ2) is 8.23. The number of fused-ring (bicyclic) bond motifs is 1. The average Bonchev–Trinajstić information content (AvgIpc) is 3.12. The van der Waals surface area contributed by atoms with Gasteiger partial charge < -0.3 is 9.47 Å². The van der Waals surface area contributed by atoms with Crippen LogP contribution in [0, 0.1) is 0 Å². The van der Waals surface area contributed by atoms with Crippen LogP contribution in [-0.2, 0) is 11.3 Å². The molecule has 4 nitrogen and oxygen atoms in total. The van der Waals surface area contributed by atoms with E-state index in [1.807, 2.05) is 33.9 Å². The first-order chi connectivity index (χ1) is 13.3. The number of aromatic nitrogens is 1. The maximum atomic E-state index is 12.7. The first kappa shape index (κ1) is 17.6. The van der Waals surface area contributed by atoms with E-state index in [4.69, 9.17) is 0 Å². The molecule has 0 aliphatic carbocycles. The first-order valence-corrected chi connectivity index (χ1v) is 9.55. The zero-order valence-corrected chi connectivity index (χ0v) is 15.5. The lowest BCUT2D eigenvalue weighted by molar-refractivity contribution is -0.133. The molecular formula is C23H25N3O. The third-order valence-electron chi connectivity index (χ3n) is 5.18. The Labute approximate surface area is 160 Å². The molecule has 1 amide bonds. The van der Waals surface area contributed by atoms with Crippen molar-refractivity contribution in [3.8, 4) is 0 Å². The van der Waals surface area contributed by atoms with Crippen LogP contribution in [0.4, 0.5) is 0 Å². The Morgan fingerprint density at radius 1 is 0.889 bits per heavy atom. The van der Waals surface area contributed by atoms with Crippen molar-refractivity contribution in [1.29, 1.82) is 0 Å². The van der Waals surface area contributed by atoms with Crippen molar-refractivity contribution in [3.63, 3.8) is 0 Å². The predicted molar refractivity (Wildman–Crippen MR) is 110 cm³/mol. The third kappa shape index (κ3) is 4.29. The second-order valence-corrected chi connectivity index (χ2v) is 7.00. The smallest absolute Gasteiger partial charge is 0.242 e. The molecule has 1 fully saturated rings. The summed E-state index contributed by atoms with van der Waals surface area (Å²) >= 11 is 0. The number of benzene rings is 2. The molecule has 0 spiro atoms. The molecule has 0 unspecified atom stereocenters. The second-order valence-electron chi connectivity index (χ2n) is 7.00. The number of hydrogen-bond donors (Lipinski definition) is 0. The standard InChI is InChI=1S/C23H25N3O/c27-23(19-26-14-12-21-10-4-5-11-22(21)26)25-17-15-24(16-18-25)13-6-9-20-7-2-1-3-8-20/h1-12,14H,13,15-19H2. The zero-order valence-electron chi connectivity index (χ0n) is 15.5. The van der Waals surface area contributed by atoms with Gasteiger partial charge in [-0.3, -0.25) is 9.69 Å². The highest BCUT2D eigenvalue weighted by Gasteiger charge is 2.20. The fraction of sp³-hybridized carbons (Fsp3) is 0.261. The molecule has 0 bridgehead atoms. The maximum absolute atomic E-state index is 12.7. The largest absolute Gasteiger partial charge is 0.339 e. The maximum Gasteiger partial charge on any atom is 0.242 e. The molecule has 1 aliphatic heterocycles. The molecule has 0 N–H and O–H groups in total. The monoisotopic (exact) mass is 359 g/mol. The summed E-state index contributed by atoms with van der Waals surface area (Å²) in [6.07, 6.45) is 6.38. The van der Waals surface area contributed by atoms with E-state index in [9.17, 15) is 4.79 Å². The average molecular weight is 359 g/mol. The Bertz CT molecular complexity index is 921. The summed E-state index contributed by atoms with van der Waals surface area (Å²) in [6.45, 7) is 4.81. The number of para-hydroxylation sites is 1. The SMILES string of the molecule is O=C(Cn1ccc2ccccc21)N1CCN(CC=Cc2ccccc2)CC1. The Morgan fingerprint density at radius 2 is 1.63 bits per heavy atom. The van der Waals surface area contributed by atoms with E-state index in [0.29, 0.717) is 6.54 Å². The van der Waals surface area contributed by atoms with Crippen molar-refractivity contribution in [3.05, 3.63) is 78.5 Å². The van der Waals surface area contributed by atoms with Crippen LogP contribution in [-0.4, -0.2) is 53.0 Å². The van der Waals surface area contributed by atoms with E-state index in [0.717, 1.165) is 38.2 Å². The van der Waals surface area contributed by atoms with Gasteiger partial charge in [0.2, 0.25) is 5.91 Å². The predicted octanol–water partition coefficient (Wildman–Crippen LogP) is 3.50. The molecule has 1 aromatic heterocycles. The zero-order chi connectivity index (χ0) is 18.5. The van der Waals surface area contributed by atoms with Gasteiger partial charge in [-0.15, -0.1) is 0 Å². The summed E-state index contributed by atoms with van der Waals surface area (Å²) in [4.78, 5) is 17.1. The number of hydrogen-bond acceptors (Lipinski definition) is 2. The molecule has 3 aromatic rings. The molecule has 4 rings (SSSR count). The van der Waals surface area contributed by atoms with Crippen LogP contribution in [0.15, 0.2) is 72.9 Å². The fourth-order valence-corrected chi connectivity index (χ4v) is 3.61. The Kier molecular flexibility index (Phi) is 5.35. The van der Waals surface area contributed by atoms with Gasteiger partial charge in [0, 0.05) is 44.4 Å². The highest BCUT2D eigenvalue weighted by atomic mass is 16.2. The molecule has 1 aliphatic rings. The molecule has 138 valence electrons. The highest BCUT2D eigenvalue weighted by molar-refractivity contribution is 5.83. The van der Waals surface area contributed by atoms with Crippen LogP contribution in [0.3, 0.4) is 0 Å². The van der Waals surface area contributed by atoms with Crippen molar-refractivity contribution < 1.29 is 4.79 Å². The molecule has 0 saturated carbocycles. The minimum Gasteiger partial charge on any atom is -0.339 e. The third-order valence-corrected chi connectivity index (χ3v) is 5.18. The lowest BCUT2D eigenvalue weighted by atomic mass is 10.2. The highest BCUT2D eigenvalue weighted by Crippen LogP contribution is 2.15. The molecule has 2 aromatic carbocycles. The van der Waals surface area contributed by atoms with Crippen LogP contribution < -0.4 is 0 Å². The Morgan fingerprint density at radius 3 is 2.44 bits per heavy atom. The molecule has 4 heteroatoms. The van der Waals surface area contributed by atoms with Gasteiger partial charge in [-0.05, 0) is 23.1 Å². The number of carbonyl (C=O) groups is 1. The fourth-order valence-electron chi connectivity index (χ4n) is 3.61. The van der Waals surface area contributed by atoms with E-state index in [2.05, 4.69) is 59.5 Å². The first-order valence-electron chi connectivity index (χ1n) is 9.55. The van der Waals surface area contributed by atoms with E-state index < -0.39 is 0 Å². The van der Waals surface area contributed by atoms with Gasteiger partial charge in [0.15, 0.2) is 0 Å². The van der Waals surface area contributed by atoms with Gasteiger partial charge in [-0.2, -0.15) is 0 Å². The van der Waals surface area contributed by atoms with E-state index in [-0.39, 0.29) is 5.91 Å². The molecular weight excluding hydrogens is 334 g/mol. The molecule has 27 heavy (non-hydrogen) atoms. The van der Waals surface area contributed by atoms with Crippen molar-refractivity contribution >= 4 is 22.9 Å². The van der Waals surface area contributed by atoms with Gasteiger partial charge in [0.1, 0.15) is 6.54 Å². The molecule has 2 heterocycles. The molecule has 0 radical (unpaired) electrons. The summed E-state index contributed by atoms with van der Waals surface area (Å²) < 4.78 is 2.05. The van der Waals surface area contributed by atoms with E-state index in [1.165, 1.54) is 10.9 Å². The summed E-state index contributed by atoms with van der Waals surface area (Å²) in [5.41, 5.74) is 2.35. The topological polar surface area (TPSA) is 28.5 Å². The van der Waals surface area contributed by atoms with Crippen molar-refractivity contribution in [2.45, 2.75) is 6.54 Å². The van der Waals surface area contributed by atoms with Crippen molar-refractivity contribution in [2.24, 2.45) is 0 Å². The summed E-state index contributed by atoms with van der Waals surface area (Å²) in [6, 6.07) is 20.6. The Balaban J connectivity index is 1.27. The van der Waals surface area contributed by atoms with Crippen molar-refractivity contribution in [1.82, 2.24) is 14.4 Å². The number of nitrogens with zero attached hydrogens (tertiary/aromatic N) is 3.